The van der Waals surface area contributed by atoms with E-state index in [-0.39, 0.29) is 17.7 Å². The zero-order valence-corrected chi connectivity index (χ0v) is 10.2. The molecule has 0 spiro atoms. The number of hydrogen-bond acceptors (Lipinski definition) is 3. The largest absolute Gasteiger partial charge is 0.396 e. The number of hydrogen-bond donors (Lipinski definition) is 1. The molecule has 0 aromatic carbocycles. The third kappa shape index (κ3) is 2.76. The summed E-state index contributed by atoms with van der Waals surface area (Å²) < 4.78 is 0. The Morgan fingerprint density at radius 2 is 2.47 bits per heavy atom. The summed E-state index contributed by atoms with van der Waals surface area (Å²) in [6.07, 6.45) is 3.27. The number of nitrogens with zero attached hydrogens (tertiary/aromatic N) is 2. The van der Waals surface area contributed by atoms with Gasteiger partial charge in [-0.2, -0.15) is 0 Å². The van der Waals surface area contributed by atoms with Crippen molar-refractivity contribution in [2.45, 2.75) is 12.8 Å². The first-order chi connectivity index (χ1) is 8.22. The molecule has 1 aliphatic heterocycles. The highest BCUT2D eigenvalue weighted by Gasteiger charge is 2.27. The summed E-state index contributed by atoms with van der Waals surface area (Å²) in [5, 5.41) is 9.13. The molecule has 92 valence electrons. The maximum absolute atomic E-state index is 12.2. The highest BCUT2D eigenvalue weighted by Crippen LogP contribution is 2.22. The summed E-state index contributed by atoms with van der Waals surface area (Å²) in [5.41, 5.74) is 0.457. The van der Waals surface area contributed by atoms with Gasteiger partial charge in [0, 0.05) is 25.9 Å². The Kier molecular flexibility index (Phi) is 3.97. The number of rotatable bonds is 3. The van der Waals surface area contributed by atoms with Crippen molar-refractivity contribution in [2.24, 2.45) is 5.92 Å². The van der Waals surface area contributed by atoms with Gasteiger partial charge in [0.15, 0.2) is 0 Å². The number of aliphatic hydroxyl groups is 1. The van der Waals surface area contributed by atoms with Crippen molar-refractivity contribution in [1.29, 1.82) is 0 Å². The Hall–Kier alpha value is -1.13. The molecule has 1 amide bonds. The van der Waals surface area contributed by atoms with Gasteiger partial charge in [-0.05, 0) is 30.9 Å². The Balaban J connectivity index is 2.05. The van der Waals surface area contributed by atoms with E-state index in [2.05, 4.69) is 4.98 Å². The van der Waals surface area contributed by atoms with Crippen LogP contribution in [0.25, 0.3) is 0 Å². The van der Waals surface area contributed by atoms with Gasteiger partial charge in [-0.1, -0.05) is 11.6 Å². The average molecular weight is 255 g/mol. The molecule has 0 aliphatic carbocycles. The molecule has 1 fully saturated rings. The van der Waals surface area contributed by atoms with Crippen molar-refractivity contribution in [3.05, 3.63) is 29.0 Å². The lowest BCUT2D eigenvalue weighted by atomic mass is 10.1. The molecule has 0 radical (unpaired) electrons. The van der Waals surface area contributed by atoms with Gasteiger partial charge in [-0.15, -0.1) is 0 Å². The van der Waals surface area contributed by atoms with Crippen molar-refractivity contribution in [1.82, 2.24) is 9.88 Å². The van der Waals surface area contributed by atoms with Gasteiger partial charge in [0.1, 0.15) is 5.15 Å². The normalized spacial score (nSPS) is 19.6. The molecule has 1 N–H and O–H groups in total. The second kappa shape index (κ2) is 5.47. The number of likely N-dealkylation sites (tertiary alicyclic amines) is 1. The van der Waals surface area contributed by atoms with Gasteiger partial charge < -0.3 is 10.0 Å². The first-order valence-electron chi connectivity index (χ1n) is 5.73. The number of amides is 1. The van der Waals surface area contributed by atoms with E-state index < -0.39 is 0 Å². The third-order valence-corrected chi connectivity index (χ3v) is 3.40. The fourth-order valence-corrected chi connectivity index (χ4v) is 2.35. The van der Waals surface area contributed by atoms with Crippen LogP contribution in [0.5, 0.6) is 0 Å². The summed E-state index contributed by atoms with van der Waals surface area (Å²) in [5.74, 6) is 0.336. The van der Waals surface area contributed by atoms with Gasteiger partial charge in [-0.25, -0.2) is 4.98 Å². The van der Waals surface area contributed by atoms with Crippen molar-refractivity contribution in [2.75, 3.05) is 19.7 Å². The Morgan fingerprint density at radius 1 is 1.65 bits per heavy atom. The molecule has 1 aromatic rings. The molecular formula is C12H15ClN2O2. The minimum atomic E-state index is -0.0662. The van der Waals surface area contributed by atoms with E-state index >= 15 is 0 Å². The lowest BCUT2D eigenvalue weighted by Crippen LogP contribution is -2.29. The molecule has 0 bridgehead atoms. The van der Waals surface area contributed by atoms with Crippen molar-refractivity contribution in [3.63, 3.8) is 0 Å². The Morgan fingerprint density at radius 3 is 3.18 bits per heavy atom. The summed E-state index contributed by atoms with van der Waals surface area (Å²) in [6, 6.07) is 3.40. The molecule has 2 rings (SSSR count). The van der Waals surface area contributed by atoms with Crippen LogP contribution in [0.15, 0.2) is 18.3 Å². The highest BCUT2D eigenvalue weighted by atomic mass is 35.5. The molecule has 1 saturated heterocycles. The number of aliphatic hydroxyl groups excluding tert-OH is 1. The molecule has 2 heterocycles. The van der Waals surface area contributed by atoms with Crippen LogP contribution in [0.3, 0.4) is 0 Å². The van der Waals surface area contributed by atoms with Crippen molar-refractivity contribution < 1.29 is 9.90 Å². The average Bonchev–Trinajstić information content (AvgIpc) is 2.78. The quantitative estimate of drug-likeness (QED) is 0.834. The predicted molar refractivity (Wildman–Crippen MR) is 65.0 cm³/mol. The van der Waals surface area contributed by atoms with E-state index in [0.717, 1.165) is 19.4 Å². The van der Waals surface area contributed by atoms with Gasteiger partial charge in [0.25, 0.3) is 5.91 Å². The number of carbonyl (C=O) groups is 1. The number of pyridine rings is 1. The zero-order valence-electron chi connectivity index (χ0n) is 9.47. The molecule has 1 aliphatic rings. The smallest absolute Gasteiger partial charge is 0.256 e. The molecule has 1 unspecified atom stereocenters. The lowest BCUT2D eigenvalue weighted by molar-refractivity contribution is 0.0784. The molecule has 0 saturated carbocycles. The second-order valence-electron chi connectivity index (χ2n) is 4.26. The summed E-state index contributed by atoms with van der Waals surface area (Å²) in [6.45, 7) is 1.61. The van der Waals surface area contributed by atoms with E-state index in [9.17, 15) is 4.79 Å². The maximum atomic E-state index is 12.2. The number of carbonyl (C=O) groups excluding carboxylic acids is 1. The zero-order chi connectivity index (χ0) is 12.3. The van der Waals surface area contributed by atoms with E-state index in [1.54, 1.807) is 23.2 Å². The van der Waals surface area contributed by atoms with Crippen LogP contribution in [-0.2, 0) is 0 Å². The Bertz CT molecular complexity index is 411. The number of halogens is 1. The van der Waals surface area contributed by atoms with Crippen LogP contribution in [0.1, 0.15) is 23.2 Å². The fourth-order valence-electron chi connectivity index (χ4n) is 2.15. The van der Waals surface area contributed by atoms with E-state index in [1.165, 1.54) is 0 Å². The lowest BCUT2D eigenvalue weighted by Gasteiger charge is -2.16. The fraction of sp³-hybridized carbons (Fsp3) is 0.500. The minimum Gasteiger partial charge on any atom is -0.396 e. The molecule has 5 heteroatoms. The maximum Gasteiger partial charge on any atom is 0.256 e. The summed E-state index contributed by atoms with van der Waals surface area (Å²) in [7, 11) is 0. The third-order valence-electron chi connectivity index (χ3n) is 3.10. The van der Waals surface area contributed by atoms with Crippen LogP contribution in [0.2, 0.25) is 5.15 Å². The summed E-state index contributed by atoms with van der Waals surface area (Å²) >= 11 is 5.90. The summed E-state index contributed by atoms with van der Waals surface area (Å²) in [4.78, 5) is 17.8. The first kappa shape index (κ1) is 12.3. The molecule has 4 nitrogen and oxygen atoms in total. The van der Waals surface area contributed by atoms with Crippen LogP contribution in [0, 0.1) is 5.92 Å². The molecular weight excluding hydrogens is 240 g/mol. The highest BCUT2D eigenvalue weighted by molar-refractivity contribution is 6.32. The second-order valence-corrected chi connectivity index (χ2v) is 4.62. The van der Waals surface area contributed by atoms with Crippen LogP contribution in [0.4, 0.5) is 0 Å². The first-order valence-corrected chi connectivity index (χ1v) is 6.11. The van der Waals surface area contributed by atoms with Gasteiger partial charge >= 0.3 is 0 Å². The van der Waals surface area contributed by atoms with E-state index in [1.807, 2.05) is 0 Å². The molecule has 17 heavy (non-hydrogen) atoms. The Labute approximate surface area is 105 Å². The standard InChI is InChI=1S/C12H15ClN2O2/c13-11-10(2-1-5-14-11)12(17)15-6-3-9(8-15)4-7-16/h1-2,5,9,16H,3-4,6-8H2. The van der Waals surface area contributed by atoms with E-state index in [0.29, 0.717) is 18.0 Å². The predicted octanol–water partition coefficient (Wildman–Crippen LogP) is 1.58. The van der Waals surface area contributed by atoms with Crippen molar-refractivity contribution >= 4 is 17.5 Å². The SMILES string of the molecule is O=C(c1cccnc1Cl)N1CCC(CCO)C1. The molecule has 1 atom stereocenters. The van der Waals surface area contributed by atoms with Gasteiger partial charge in [-0.3, -0.25) is 4.79 Å². The van der Waals surface area contributed by atoms with Gasteiger partial charge in [0.2, 0.25) is 0 Å². The van der Waals surface area contributed by atoms with Gasteiger partial charge in [0.05, 0.1) is 5.56 Å². The minimum absolute atomic E-state index is 0.0662. The van der Waals surface area contributed by atoms with Crippen molar-refractivity contribution in [3.8, 4) is 0 Å². The van der Waals surface area contributed by atoms with Crippen LogP contribution < -0.4 is 0 Å². The molecule has 1 aromatic heterocycles. The van der Waals surface area contributed by atoms with Crippen LogP contribution >= 0.6 is 11.6 Å². The van der Waals surface area contributed by atoms with Crippen LogP contribution in [-0.4, -0.2) is 40.6 Å². The monoisotopic (exact) mass is 254 g/mol. The van der Waals surface area contributed by atoms with E-state index in [4.69, 9.17) is 16.7 Å². The topological polar surface area (TPSA) is 53.4 Å². The number of aromatic nitrogens is 1.